The van der Waals surface area contributed by atoms with Crippen LogP contribution in [0.4, 0.5) is 0 Å². The van der Waals surface area contributed by atoms with Crippen LogP contribution in [0.3, 0.4) is 0 Å². The molecule has 10 heteroatoms. The lowest BCUT2D eigenvalue weighted by atomic mass is 10.4. The smallest absolute Gasteiger partial charge is 0.334 e. The monoisotopic (exact) mass is 440 g/mol. The van der Waals surface area contributed by atoms with Gasteiger partial charge in [-0.1, -0.05) is 0 Å². The van der Waals surface area contributed by atoms with Gasteiger partial charge in [0.1, 0.15) is 6.10 Å². The molecule has 0 radical (unpaired) electrons. The second kappa shape index (κ2) is 18.6. The molecule has 0 aromatic rings. The minimum atomic E-state index is -2.03. The third-order valence-electron chi connectivity index (χ3n) is 4.46. The van der Waals surface area contributed by atoms with E-state index < -0.39 is 8.56 Å². The minimum absolute atomic E-state index is 0.148. The van der Waals surface area contributed by atoms with E-state index in [1.807, 2.05) is 0 Å². The molecule has 1 heterocycles. The van der Waals surface area contributed by atoms with Crippen molar-refractivity contribution in [2.24, 2.45) is 0 Å². The average molecular weight is 441 g/mol. The molecule has 1 atom stereocenters. The molecule has 9 nitrogen and oxygen atoms in total. The zero-order valence-electron chi connectivity index (χ0n) is 18.4. The lowest BCUT2D eigenvalue weighted by Gasteiger charge is -2.23. The first-order valence-electron chi connectivity index (χ1n) is 10.4. The van der Waals surface area contributed by atoms with Crippen molar-refractivity contribution in [2.45, 2.75) is 25.1 Å². The maximum Gasteiger partial charge on any atom is 0.334 e. The van der Waals surface area contributed by atoms with Crippen molar-refractivity contribution in [3.05, 3.63) is 0 Å². The molecule has 1 rings (SSSR count). The Labute approximate surface area is 176 Å². The Kier molecular flexibility index (Phi) is 17.3. The minimum Gasteiger partial charge on any atom is -0.398 e. The van der Waals surface area contributed by atoms with Crippen molar-refractivity contribution in [2.75, 3.05) is 100 Å². The number of hydrogen-bond donors (Lipinski definition) is 0. The highest BCUT2D eigenvalue weighted by Crippen LogP contribution is 2.13. The van der Waals surface area contributed by atoms with E-state index >= 15 is 0 Å². The second-order valence-electron chi connectivity index (χ2n) is 6.74. The normalized spacial score (nSPS) is 22.7. The summed E-state index contributed by atoms with van der Waals surface area (Å²) in [6, 6.07) is 0.888. The van der Waals surface area contributed by atoms with Gasteiger partial charge < -0.3 is 42.0 Å². The predicted molar refractivity (Wildman–Crippen MR) is 110 cm³/mol. The number of hydrogen-bond acceptors (Lipinski definition) is 9. The summed E-state index contributed by atoms with van der Waals surface area (Å²) in [7, 11) is 1.37. The van der Waals surface area contributed by atoms with Crippen LogP contribution in [0.2, 0.25) is 12.6 Å². The van der Waals surface area contributed by atoms with Crippen LogP contribution in [0, 0.1) is 0 Å². The SMILES string of the molecule is CO[Si](C)(CCCOCC1COCCOCCOCCOCCOCCO1)OC. The van der Waals surface area contributed by atoms with Crippen molar-refractivity contribution >= 4 is 8.56 Å². The lowest BCUT2D eigenvalue weighted by molar-refractivity contribution is -0.0844. The molecule has 0 aromatic carbocycles. The van der Waals surface area contributed by atoms with Gasteiger partial charge in [-0.3, -0.25) is 0 Å². The van der Waals surface area contributed by atoms with Crippen molar-refractivity contribution in [1.29, 1.82) is 0 Å². The predicted octanol–water partition coefficient (Wildman–Crippen LogP) is 1.24. The van der Waals surface area contributed by atoms with Crippen molar-refractivity contribution < 1.29 is 42.0 Å². The zero-order valence-corrected chi connectivity index (χ0v) is 19.4. The first-order valence-corrected chi connectivity index (χ1v) is 12.9. The molecule has 1 aliphatic heterocycles. The first-order chi connectivity index (χ1) is 14.2. The quantitative estimate of drug-likeness (QED) is 0.409. The molecule has 0 saturated carbocycles. The highest BCUT2D eigenvalue weighted by molar-refractivity contribution is 6.65. The molecular weight excluding hydrogens is 400 g/mol. The summed E-state index contributed by atoms with van der Waals surface area (Å²) in [5.74, 6) is 0. The van der Waals surface area contributed by atoms with Crippen LogP contribution >= 0.6 is 0 Å². The standard InChI is InChI=1S/C19H40O9Si/c1-20-29(3,21-2)16-4-5-26-17-19-18-27-13-12-24-9-8-22-6-7-23-10-11-25-14-15-28-19/h19H,4-18H2,1-3H3. The molecule has 1 unspecified atom stereocenters. The Morgan fingerprint density at radius 3 is 1.72 bits per heavy atom. The summed E-state index contributed by atoms with van der Waals surface area (Å²) in [5, 5.41) is 0. The first kappa shape index (κ1) is 26.9. The highest BCUT2D eigenvalue weighted by atomic mass is 28.4. The topological polar surface area (TPSA) is 83.1 Å². The maximum atomic E-state index is 5.86. The number of rotatable bonds is 8. The third kappa shape index (κ3) is 15.3. The van der Waals surface area contributed by atoms with Gasteiger partial charge in [-0.2, -0.15) is 0 Å². The Morgan fingerprint density at radius 1 is 0.724 bits per heavy atom. The van der Waals surface area contributed by atoms with Crippen molar-refractivity contribution in [3.8, 4) is 0 Å². The van der Waals surface area contributed by atoms with E-state index in [9.17, 15) is 0 Å². The Morgan fingerprint density at radius 2 is 1.21 bits per heavy atom. The van der Waals surface area contributed by atoms with Crippen LogP contribution in [-0.2, 0) is 42.0 Å². The molecule has 1 saturated heterocycles. The van der Waals surface area contributed by atoms with Crippen LogP contribution in [0.15, 0.2) is 0 Å². The maximum absolute atomic E-state index is 5.86. The molecule has 1 aliphatic rings. The fourth-order valence-electron chi connectivity index (χ4n) is 2.51. The van der Waals surface area contributed by atoms with Gasteiger partial charge in [0.25, 0.3) is 0 Å². The van der Waals surface area contributed by atoms with Gasteiger partial charge in [0, 0.05) is 20.8 Å². The lowest BCUT2D eigenvalue weighted by Crippen LogP contribution is -2.36. The van der Waals surface area contributed by atoms with Gasteiger partial charge in [0.05, 0.1) is 79.3 Å². The van der Waals surface area contributed by atoms with Gasteiger partial charge >= 0.3 is 8.56 Å². The Balaban J connectivity index is 2.25. The van der Waals surface area contributed by atoms with Crippen LogP contribution in [0.1, 0.15) is 6.42 Å². The van der Waals surface area contributed by atoms with Gasteiger partial charge in [-0.25, -0.2) is 0 Å². The average Bonchev–Trinajstić information content (AvgIpc) is 2.74. The molecule has 174 valence electrons. The van der Waals surface area contributed by atoms with Gasteiger partial charge in [-0.05, 0) is 19.0 Å². The highest BCUT2D eigenvalue weighted by Gasteiger charge is 2.27. The molecule has 0 aromatic heterocycles. The molecule has 0 bridgehead atoms. The molecule has 0 amide bonds. The third-order valence-corrected chi connectivity index (χ3v) is 7.45. The summed E-state index contributed by atoms with van der Waals surface area (Å²) in [4.78, 5) is 0. The van der Waals surface area contributed by atoms with Crippen LogP contribution < -0.4 is 0 Å². The van der Waals surface area contributed by atoms with Gasteiger partial charge in [0.15, 0.2) is 0 Å². The fraction of sp³-hybridized carbons (Fsp3) is 1.00. The molecule has 29 heavy (non-hydrogen) atoms. The Hall–Kier alpha value is -0.143. The summed E-state index contributed by atoms with van der Waals surface area (Å²) in [5.41, 5.74) is 0. The van der Waals surface area contributed by atoms with E-state index in [-0.39, 0.29) is 6.10 Å². The Bertz CT molecular complexity index is 341. The van der Waals surface area contributed by atoms with E-state index in [0.29, 0.717) is 85.9 Å². The molecule has 0 spiro atoms. The van der Waals surface area contributed by atoms with E-state index in [2.05, 4.69) is 6.55 Å². The summed E-state index contributed by atoms with van der Waals surface area (Å²) in [6.07, 6.45) is 0.738. The van der Waals surface area contributed by atoms with Crippen LogP contribution in [-0.4, -0.2) is 115 Å². The number of ether oxygens (including phenoxy) is 7. The largest absolute Gasteiger partial charge is 0.398 e. The van der Waals surface area contributed by atoms with E-state index in [1.165, 1.54) is 0 Å². The van der Waals surface area contributed by atoms with Crippen LogP contribution in [0.25, 0.3) is 0 Å². The van der Waals surface area contributed by atoms with E-state index in [4.69, 9.17) is 42.0 Å². The molecule has 0 N–H and O–H groups in total. The zero-order chi connectivity index (χ0) is 21.0. The van der Waals surface area contributed by atoms with Gasteiger partial charge in [0.2, 0.25) is 0 Å². The summed E-state index contributed by atoms with van der Waals surface area (Å²) >= 11 is 0. The summed E-state index contributed by atoms with van der Waals surface area (Å²) < 4.78 is 50.1. The molecular formula is C19H40O9Si. The van der Waals surface area contributed by atoms with Crippen molar-refractivity contribution in [3.63, 3.8) is 0 Å². The van der Waals surface area contributed by atoms with E-state index in [0.717, 1.165) is 12.5 Å². The van der Waals surface area contributed by atoms with Crippen molar-refractivity contribution in [1.82, 2.24) is 0 Å². The fourth-order valence-corrected chi connectivity index (χ4v) is 3.87. The summed E-state index contributed by atoms with van der Waals surface area (Å²) in [6.45, 7) is 8.89. The molecule has 1 fully saturated rings. The van der Waals surface area contributed by atoms with E-state index in [1.54, 1.807) is 14.2 Å². The molecule has 0 aliphatic carbocycles. The second-order valence-corrected chi connectivity index (χ2v) is 10.3. The van der Waals surface area contributed by atoms with Gasteiger partial charge in [-0.15, -0.1) is 0 Å². The van der Waals surface area contributed by atoms with Crippen LogP contribution in [0.5, 0.6) is 0 Å².